The zero-order valence-electron chi connectivity index (χ0n) is 10.7. The molecule has 1 N–H and O–H groups in total. The summed E-state index contributed by atoms with van der Waals surface area (Å²) in [6, 6.07) is 7.59. The van der Waals surface area contributed by atoms with Gasteiger partial charge in [-0.3, -0.25) is 9.59 Å². The van der Waals surface area contributed by atoms with Crippen LogP contribution in [0.2, 0.25) is 0 Å². The molecule has 1 unspecified atom stereocenters. The maximum Gasteiger partial charge on any atom is 0.304 e. The number of benzene rings is 1. The first-order chi connectivity index (χ1) is 8.45. The Kier molecular flexibility index (Phi) is 5.22. The zero-order chi connectivity index (χ0) is 13.7. The van der Waals surface area contributed by atoms with Gasteiger partial charge in [0.25, 0.3) is 0 Å². The first-order valence-electron chi connectivity index (χ1n) is 5.59. The molecule has 0 spiro atoms. The molecule has 1 amide bonds. The van der Waals surface area contributed by atoms with Gasteiger partial charge in [0.1, 0.15) is 0 Å². The maximum absolute atomic E-state index is 12.0. The monoisotopic (exact) mass is 267 g/mol. The van der Waals surface area contributed by atoms with Gasteiger partial charge in [-0.2, -0.15) is 0 Å². The molecule has 5 heteroatoms. The van der Waals surface area contributed by atoms with E-state index in [1.54, 1.807) is 25.7 Å². The first-order valence-corrected chi connectivity index (χ1v) is 6.81. The van der Waals surface area contributed by atoms with Crippen LogP contribution in [0.4, 0.5) is 5.69 Å². The van der Waals surface area contributed by atoms with Gasteiger partial charge >= 0.3 is 5.97 Å². The molecule has 0 fully saturated rings. The third-order valence-electron chi connectivity index (χ3n) is 2.69. The Morgan fingerprint density at radius 3 is 2.33 bits per heavy atom. The van der Waals surface area contributed by atoms with Crippen LogP contribution in [-0.2, 0) is 9.59 Å². The molecule has 98 valence electrons. The largest absolute Gasteiger partial charge is 0.481 e. The number of rotatable bonds is 5. The Bertz CT molecular complexity index is 430. The lowest BCUT2D eigenvalue weighted by Crippen LogP contribution is -2.32. The average Bonchev–Trinajstić information content (AvgIpc) is 2.36. The summed E-state index contributed by atoms with van der Waals surface area (Å²) in [5, 5.41) is 8.68. The molecule has 0 aliphatic carbocycles. The molecule has 0 bridgehead atoms. The number of anilines is 1. The predicted molar refractivity (Wildman–Crippen MR) is 73.0 cm³/mol. The number of amides is 1. The van der Waals surface area contributed by atoms with Gasteiger partial charge in [-0.15, -0.1) is 11.8 Å². The summed E-state index contributed by atoms with van der Waals surface area (Å²) in [5.74, 6) is -1.66. The average molecular weight is 267 g/mol. The van der Waals surface area contributed by atoms with E-state index in [1.165, 1.54) is 4.90 Å². The quantitative estimate of drug-likeness (QED) is 0.833. The summed E-state index contributed by atoms with van der Waals surface area (Å²) in [5.41, 5.74) is 0.773. The molecule has 0 aliphatic heterocycles. The number of thioether (sulfide) groups is 1. The second-order valence-corrected chi connectivity index (χ2v) is 4.97. The minimum Gasteiger partial charge on any atom is -0.481 e. The molecular formula is C13H17NO3S. The number of carbonyl (C=O) groups excluding carboxylic acids is 1. The third kappa shape index (κ3) is 3.77. The van der Waals surface area contributed by atoms with Crippen molar-refractivity contribution >= 4 is 29.3 Å². The van der Waals surface area contributed by atoms with Crippen molar-refractivity contribution in [1.82, 2.24) is 0 Å². The highest BCUT2D eigenvalue weighted by Gasteiger charge is 2.21. The van der Waals surface area contributed by atoms with Crippen LogP contribution in [0.15, 0.2) is 29.2 Å². The fourth-order valence-corrected chi connectivity index (χ4v) is 2.02. The molecule has 0 aromatic heterocycles. The molecular weight excluding hydrogens is 250 g/mol. The molecule has 1 aromatic rings. The number of aliphatic carboxylic acids is 1. The van der Waals surface area contributed by atoms with Crippen molar-refractivity contribution in [3.8, 4) is 0 Å². The van der Waals surface area contributed by atoms with Gasteiger partial charge < -0.3 is 10.0 Å². The molecule has 1 aromatic carbocycles. The molecule has 0 saturated carbocycles. The number of carbonyl (C=O) groups is 2. The van der Waals surface area contributed by atoms with E-state index in [0.29, 0.717) is 0 Å². The maximum atomic E-state index is 12.0. The number of hydrogen-bond acceptors (Lipinski definition) is 3. The number of carboxylic acids is 1. The van der Waals surface area contributed by atoms with E-state index in [9.17, 15) is 9.59 Å². The summed E-state index contributed by atoms with van der Waals surface area (Å²) < 4.78 is 0. The standard InChI is InChI=1S/C13H17NO3S/c1-9(8-12(15)16)13(17)14(2)10-4-6-11(18-3)7-5-10/h4-7,9H,8H2,1-3H3,(H,15,16). The Labute approximate surface area is 111 Å². The fraction of sp³-hybridized carbons (Fsp3) is 0.385. The highest BCUT2D eigenvalue weighted by Crippen LogP contribution is 2.21. The van der Waals surface area contributed by atoms with Crippen LogP contribution in [0.5, 0.6) is 0 Å². The van der Waals surface area contributed by atoms with E-state index in [1.807, 2.05) is 30.5 Å². The van der Waals surface area contributed by atoms with Gasteiger partial charge in [0.15, 0.2) is 0 Å². The van der Waals surface area contributed by atoms with Crippen molar-refractivity contribution in [3.63, 3.8) is 0 Å². The minimum atomic E-state index is -0.956. The summed E-state index contributed by atoms with van der Waals surface area (Å²) >= 11 is 1.63. The first kappa shape index (κ1) is 14.6. The van der Waals surface area contributed by atoms with Crippen molar-refractivity contribution in [1.29, 1.82) is 0 Å². The topological polar surface area (TPSA) is 57.6 Å². The number of hydrogen-bond donors (Lipinski definition) is 1. The fourth-order valence-electron chi connectivity index (χ4n) is 1.61. The lowest BCUT2D eigenvalue weighted by atomic mass is 10.1. The summed E-state index contributed by atoms with van der Waals surface area (Å²) in [4.78, 5) is 25.2. The van der Waals surface area contributed by atoms with E-state index in [0.717, 1.165) is 10.6 Å². The molecule has 1 rings (SSSR count). The lowest BCUT2D eigenvalue weighted by Gasteiger charge is -2.20. The van der Waals surface area contributed by atoms with Gasteiger partial charge in [-0.1, -0.05) is 6.92 Å². The second kappa shape index (κ2) is 6.44. The summed E-state index contributed by atoms with van der Waals surface area (Å²) in [6.07, 6.45) is 1.84. The van der Waals surface area contributed by atoms with E-state index in [4.69, 9.17) is 5.11 Å². The Balaban J connectivity index is 2.75. The van der Waals surface area contributed by atoms with Crippen LogP contribution in [0.1, 0.15) is 13.3 Å². The van der Waals surface area contributed by atoms with Gasteiger partial charge in [-0.25, -0.2) is 0 Å². The minimum absolute atomic E-state index is 0.147. The molecule has 0 heterocycles. The zero-order valence-corrected chi connectivity index (χ0v) is 11.5. The summed E-state index contributed by atoms with van der Waals surface area (Å²) in [7, 11) is 1.66. The Hall–Kier alpha value is -1.49. The SMILES string of the molecule is CSc1ccc(N(C)C(=O)C(C)CC(=O)O)cc1. The van der Waals surface area contributed by atoms with Crippen molar-refractivity contribution in [2.24, 2.45) is 5.92 Å². The van der Waals surface area contributed by atoms with Gasteiger partial charge in [0.2, 0.25) is 5.91 Å². The predicted octanol–water partition coefficient (Wildman–Crippen LogP) is 2.48. The Morgan fingerprint density at radius 1 is 1.33 bits per heavy atom. The van der Waals surface area contributed by atoms with Crippen molar-refractivity contribution in [2.75, 3.05) is 18.2 Å². The molecule has 18 heavy (non-hydrogen) atoms. The lowest BCUT2D eigenvalue weighted by molar-refractivity contribution is -0.140. The number of carboxylic acid groups (broad SMARTS) is 1. The van der Waals surface area contributed by atoms with E-state index < -0.39 is 11.9 Å². The van der Waals surface area contributed by atoms with Gasteiger partial charge in [0.05, 0.1) is 6.42 Å². The van der Waals surface area contributed by atoms with Crippen LogP contribution in [0.3, 0.4) is 0 Å². The second-order valence-electron chi connectivity index (χ2n) is 4.09. The number of nitrogens with zero attached hydrogens (tertiary/aromatic N) is 1. The van der Waals surface area contributed by atoms with Crippen molar-refractivity contribution < 1.29 is 14.7 Å². The molecule has 0 radical (unpaired) electrons. The smallest absolute Gasteiger partial charge is 0.304 e. The van der Waals surface area contributed by atoms with Crippen LogP contribution >= 0.6 is 11.8 Å². The van der Waals surface area contributed by atoms with E-state index in [-0.39, 0.29) is 12.3 Å². The highest BCUT2D eigenvalue weighted by atomic mass is 32.2. The van der Waals surface area contributed by atoms with Gasteiger partial charge in [-0.05, 0) is 30.5 Å². The van der Waals surface area contributed by atoms with E-state index in [2.05, 4.69) is 0 Å². The van der Waals surface area contributed by atoms with Crippen LogP contribution in [0.25, 0.3) is 0 Å². The normalized spacial score (nSPS) is 11.9. The van der Waals surface area contributed by atoms with Crippen LogP contribution in [0, 0.1) is 5.92 Å². The molecule has 0 saturated heterocycles. The van der Waals surface area contributed by atoms with E-state index >= 15 is 0 Å². The molecule has 4 nitrogen and oxygen atoms in total. The Morgan fingerprint density at radius 2 is 1.89 bits per heavy atom. The summed E-state index contributed by atoms with van der Waals surface area (Å²) in [6.45, 7) is 1.63. The molecule has 1 atom stereocenters. The van der Waals surface area contributed by atoms with Crippen LogP contribution < -0.4 is 4.90 Å². The van der Waals surface area contributed by atoms with Crippen molar-refractivity contribution in [3.05, 3.63) is 24.3 Å². The van der Waals surface area contributed by atoms with Crippen LogP contribution in [-0.4, -0.2) is 30.3 Å². The third-order valence-corrected chi connectivity index (χ3v) is 3.44. The van der Waals surface area contributed by atoms with Gasteiger partial charge in [0, 0.05) is 23.5 Å². The highest BCUT2D eigenvalue weighted by molar-refractivity contribution is 7.98. The molecule has 0 aliphatic rings. The van der Waals surface area contributed by atoms with Crippen molar-refractivity contribution in [2.45, 2.75) is 18.2 Å².